The molecule has 2 amide bonds. The molecule has 2 aliphatic rings. The summed E-state index contributed by atoms with van der Waals surface area (Å²) in [4.78, 5) is 25.6. The monoisotopic (exact) mass is 372 g/mol. The van der Waals surface area contributed by atoms with E-state index in [0.29, 0.717) is 10.6 Å². The second-order valence-corrected chi connectivity index (χ2v) is 7.65. The third kappa shape index (κ3) is 2.67. The van der Waals surface area contributed by atoms with E-state index in [2.05, 4.69) is 0 Å². The number of aryl methyl sites for hydroxylation is 1. The van der Waals surface area contributed by atoms with E-state index in [-0.39, 0.29) is 24.9 Å². The first-order valence-electron chi connectivity index (χ1n) is 8.45. The number of halogens is 2. The number of hydrogen-bond donors (Lipinski definition) is 0. The molecule has 6 heteroatoms. The summed E-state index contributed by atoms with van der Waals surface area (Å²) in [6.45, 7) is 3.13. The molecule has 4 nitrogen and oxygen atoms in total. The maximum atomic E-state index is 14.2. The highest BCUT2D eigenvalue weighted by molar-refractivity contribution is 6.30. The lowest BCUT2D eigenvalue weighted by Crippen LogP contribution is -2.33. The normalized spacial score (nSPS) is 19.4. The van der Waals surface area contributed by atoms with Crippen LogP contribution in [0.25, 0.3) is 11.1 Å². The van der Waals surface area contributed by atoms with Gasteiger partial charge in [0.1, 0.15) is 11.6 Å². The summed E-state index contributed by atoms with van der Waals surface area (Å²) in [6, 6.07) is 13.1. The lowest BCUT2D eigenvalue weighted by atomic mass is 9.90. The zero-order valence-corrected chi connectivity index (χ0v) is 15.3. The van der Waals surface area contributed by atoms with Crippen molar-refractivity contribution >= 4 is 23.4 Å². The fourth-order valence-corrected chi connectivity index (χ4v) is 3.81. The molecule has 0 bridgehead atoms. The predicted molar refractivity (Wildman–Crippen MR) is 97.3 cm³/mol. The SMILES string of the molecule is Cc1ccc(-c2ccc(Cl)cc2)cc1C1C(=O)N2CC(C)(F)CN2C1=O. The van der Waals surface area contributed by atoms with Gasteiger partial charge in [-0.2, -0.15) is 0 Å². The van der Waals surface area contributed by atoms with E-state index in [1.807, 2.05) is 37.3 Å². The standard InChI is InChI=1S/C20H18ClFN2O2/c1-12-3-4-14(13-5-7-15(21)8-6-13)9-16(12)17-18(25)23-10-20(2,22)11-24(23)19(17)26/h3-9,17H,10-11H2,1-2H3. The van der Waals surface area contributed by atoms with Gasteiger partial charge in [0.2, 0.25) is 0 Å². The van der Waals surface area contributed by atoms with Crippen LogP contribution in [-0.4, -0.2) is 40.6 Å². The summed E-state index contributed by atoms with van der Waals surface area (Å²) in [6.07, 6.45) is 0. The van der Waals surface area contributed by atoms with Crippen molar-refractivity contribution in [1.82, 2.24) is 10.0 Å². The lowest BCUT2D eigenvalue weighted by Gasteiger charge is -2.16. The number of benzene rings is 2. The molecular formula is C20H18ClFN2O2. The van der Waals surface area contributed by atoms with Crippen LogP contribution in [-0.2, 0) is 9.59 Å². The van der Waals surface area contributed by atoms with Crippen LogP contribution in [0, 0.1) is 6.92 Å². The van der Waals surface area contributed by atoms with E-state index in [1.165, 1.54) is 16.9 Å². The molecule has 2 saturated heterocycles. The van der Waals surface area contributed by atoms with Gasteiger partial charge < -0.3 is 0 Å². The maximum absolute atomic E-state index is 14.2. The molecule has 0 spiro atoms. The topological polar surface area (TPSA) is 40.6 Å². The summed E-state index contributed by atoms with van der Waals surface area (Å²) in [5.41, 5.74) is 1.82. The highest BCUT2D eigenvalue weighted by Gasteiger charge is 2.55. The molecule has 2 fully saturated rings. The van der Waals surface area contributed by atoms with Crippen LogP contribution >= 0.6 is 11.6 Å². The van der Waals surface area contributed by atoms with Gasteiger partial charge in [0, 0.05) is 5.02 Å². The Morgan fingerprint density at radius 3 is 2.12 bits per heavy atom. The third-order valence-corrected chi connectivity index (χ3v) is 5.27. The molecule has 0 aliphatic carbocycles. The van der Waals surface area contributed by atoms with E-state index in [4.69, 9.17) is 11.6 Å². The summed E-state index contributed by atoms with van der Waals surface area (Å²) >= 11 is 5.94. The van der Waals surface area contributed by atoms with Crippen molar-refractivity contribution in [2.24, 2.45) is 0 Å². The van der Waals surface area contributed by atoms with Crippen molar-refractivity contribution in [3.8, 4) is 11.1 Å². The number of hydrogen-bond acceptors (Lipinski definition) is 2. The Kier molecular flexibility index (Phi) is 3.81. The Balaban J connectivity index is 1.72. The van der Waals surface area contributed by atoms with Gasteiger partial charge in [-0.05, 0) is 54.3 Å². The van der Waals surface area contributed by atoms with Crippen molar-refractivity contribution in [2.75, 3.05) is 13.1 Å². The van der Waals surface area contributed by atoms with Crippen LogP contribution in [0.15, 0.2) is 42.5 Å². The van der Waals surface area contributed by atoms with Crippen LogP contribution in [0.3, 0.4) is 0 Å². The molecule has 2 heterocycles. The van der Waals surface area contributed by atoms with Gasteiger partial charge in [0.05, 0.1) is 13.1 Å². The zero-order chi connectivity index (χ0) is 18.6. The Hall–Kier alpha value is -2.40. The van der Waals surface area contributed by atoms with Crippen molar-refractivity contribution in [2.45, 2.75) is 25.4 Å². The fraction of sp³-hybridized carbons (Fsp3) is 0.300. The van der Waals surface area contributed by atoms with Crippen molar-refractivity contribution < 1.29 is 14.0 Å². The Morgan fingerprint density at radius 2 is 1.54 bits per heavy atom. The van der Waals surface area contributed by atoms with Gasteiger partial charge in [-0.25, -0.2) is 14.4 Å². The molecule has 2 aromatic rings. The molecule has 0 radical (unpaired) electrons. The summed E-state index contributed by atoms with van der Waals surface area (Å²) in [5, 5.41) is 3.15. The number of fused-ring (bicyclic) bond motifs is 1. The van der Waals surface area contributed by atoms with Crippen LogP contribution < -0.4 is 0 Å². The number of hydrazine groups is 1. The van der Waals surface area contributed by atoms with E-state index < -0.39 is 11.6 Å². The Labute approximate surface area is 156 Å². The number of rotatable bonds is 2. The Morgan fingerprint density at radius 1 is 1.00 bits per heavy atom. The number of carbonyl (C=O) groups is 2. The molecule has 26 heavy (non-hydrogen) atoms. The molecule has 2 aliphatic heterocycles. The zero-order valence-electron chi connectivity index (χ0n) is 14.5. The smallest absolute Gasteiger partial charge is 0.258 e. The molecule has 4 rings (SSSR count). The van der Waals surface area contributed by atoms with Gasteiger partial charge in [-0.1, -0.05) is 35.9 Å². The molecule has 0 N–H and O–H groups in total. The quantitative estimate of drug-likeness (QED) is 0.754. The molecular weight excluding hydrogens is 355 g/mol. The number of nitrogens with zero attached hydrogens (tertiary/aromatic N) is 2. The molecule has 0 unspecified atom stereocenters. The summed E-state index contributed by atoms with van der Waals surface area (Å²) in [5.74, 6) is -1.61. The summed E-state index contributed by atoms with van der Waals surface area (Å²) in [7, 11) is 0. The minimum atomic E-state index is -1.56. The predicted octanol–water partition coefficient (Wildman–Crippen LogP) is 3.73. The van der Waals surface area contributed by atoms with Crippen LogP contribution in [0.4, 0.5) is 4.39 Å². The second kappa shape index (κ2) is 5.81. The Bertz CT molecular complexity index is 885. The molecule has 0 atom stereocenters. The maximum Gasteiger partial charge on any atom is 0.258 e. The van der Waals surface area contributed by atoms with E-state index >= 15 is 0 Å². The number of amides is 2. The first kappa shape index (κ1) is 17.0. The van der Waals surface area contributed by atoms with Crippen LogP contribution in [0.5, 0.6) is 0 Å². The van der Waals surface area contributed by atoms with Gasteiger partial charge in [-0.15, -0.1) is 0 Å². The van der Waals surface area contributed by atoms with E-state index in [1.54, 1.807) is 12.1 Å². The van der Waals surface area contributed by atoms with Crippen LogP contribution in [0.2, 0.25) is 5.02 Å². The largest absolute Gasteiger partial charge is 0.272 e. The third-order valence-electron chi connectivity index (χ3n) is 5.02. The fourth-order valence-electron chi connectivity index (χ4n) is 3.68. The molecule has 0 aromatic heterocycles. The second-order valence-electron chi connectivity index (χ2n) is 7.22. The highest BCUT2D eigenvalue weighted by Crippen LogP contribution is 2.38. The van der Waals surface area contributed by atoms with Gasteiger partial charge in [0.15, 0.2) is 0 Å². The number of alkyl halides is 1. The van der Waals surface area contributed by atoms with Gasteiger partial charge >= 0.3 is 0 Å². The first-order chi connectivity index (χ1) is 12.3. The minimum absolute atomic E-state index is 0.0794. The van der Waals surface area contributed by atoms with Crippen molar-refractivity contribution in [3.63, 3.8) is 0 Å². The van der Waals surface area contributed by atoms with Crippen molar-refractivity contribution in [1.29, 1.82) is 0 Å². The highest BCUT2D eigenvalue weighted by atomic mass is 35.5. The average Bonchev–Trinajstić information content (AvgIpc) is 3.02. The number of carbonyl (C=O) groups excluding carboxylic acids is 2. The van der Waals surface area contributed by atoms with Crippen molar-refractivity contribution in [3.05, 3.63) is 58.6 Å². The lowest BCUT2D eigenvalue weighted by molar-refractivity contribution is -0.141. The molecule has 134 valence electrons. The summed E-state index contributed by atoms with van der Waals surface area (Å²) < 4.78 is 14.2. The first-order valence-corrected chi connectivity index (χ1v) is 8.83. The van der Waals surface area contributed by atoms with Crippen LogP contribution in [0.1, 0.15) is 24.0 Å². The van der Waals surface area contributed by atoms with E-state index in [0.717, 1.165) is 16.7 Å². The molecule has 0 saturated carbocycles. The van der Waals surface area contributed by atoms with Gasteiger partial charge in [-0.3, -0.25) is 9.59 Å². The van der Waals surface area contributed by atoms with E-state index in [9.17, 15) is 14.0 Å². The molecule has 2 aromatic carbocycles. The average molecular weight is 373 g/mol. The minimum Gasteiger partial charge on any atom is -0.272 e. The van der Waals surface area contributed by atoms with Gasteiger partial charge in [0.25, 0.3) is 11.8 Å².